The Morgan fingerprint density at radius 2 is 2.06 bits per heavy atom. The number of carbonyl (C=O) groups excluding carboxylic acids is 1. The molecule has 0 atom stereocenters. The van der Waals surface area contributed by atoms with Gasteiger partial charge < -0.3 is 5.32 Å². The van der Waals surface area contributed by atoms with E-state index in [1.807, 2.05) is 13.8 Å². The van der Waals surface area contributed by atoms with Gasteiger partial charge in [-0.15, -0.1) is 0 Å². The lowest BCUT2D eigenvalue weighted by Gasteiger charge is -2.16. The maximum Gasteiger partial charge on any atom is 0.234 e. The fourth-order valence-corrected chi connectivity index (χ4v) is 3.07. The van der Waals surface area contributed by atoms with Gasteiger partial charge in [-0.05, 0) is 49.8 Å². The molecule has 16 heavy (non-hydrogen) atoms. The Balaban J connectivity index is 2.23. The van der Waals surface area contributed by atoms with Gasteiger partial charge in [-0.25, -0.2) is 0 Å². The number of benzene rings is 1. The van der Waals surface area contributed by atoms with Crippen LogP contribution in [-0.2, 0) is 10.2 Å². The molecular weight excluding hydrogens is 266 g/mol. The van der Waals surface area contributed by atoms with Gasteiger partial charge in [0.25, 0.3) is 0 Å². The summed E-state index contributed by atoms with van der Waals surface area (Å²) in [6, 6.07) is 4.14. The fourth-order valence-electron chi connectivity index (χ4n) is 2.41. The lowest BCUT2D eigenvalue weighted by atomic mass is 9.85. The zero-order valence-corrected chi connectivity index (χ0v) is 11.0. The van der Waals surface area contributed by atoms with Crippen molar-refractivity contribution >= 4 is 27.5 Å². The van der Waals surface area contributed by atoms with Crippen LogP contribution in [0.3, 0.4) is 0 Å². The maximum atomic E-state index is 11.9. The van der Waals surface area contributed by atoms with E-state index in [0.29, 0.717) is 5.92 Å². The minimum Gasteiger partial charge on any atom is -0.325 e. The summed E-state index contributed by atoms with van der Waals surface area (Å²) in [4.78, 5) is 11.9. The smallest absolute Gasteiger partial charge is 0.234 e. The second-order valence-electron chi connectivity index (χ2n) is 5.24. The van der Waals surface area contributed by atoms with Gasteiger partial charge in [-0.3, -0.25) is 4.79 Å². The summed E-state index contributed by atoms with van der Waals surface area (Å²) in [6.45, 7) is 3.97. The fraction of sp³-hybridized carbons (Fsp3) is 0.462. The van der Waals surface area contributed by atoms with Crippen molar-refractivity contribution in [2.75, 3.05) is 5.32 Å². The first-order valence-electron chi connectivity index (χ1n) is 5.66. The van der Waals surface area contributed by atoms with Gasteiger partial charge in [0.15, 0.2) is 0 Å². The molecule has 1 fully saturated rings. The lowest BCUT2D eigenvalue weighted by molar-refractivity contribution is -0.119. The molecule has 3 heteroatoms. The van der Waals surface area contributed by atoms with Crippen LogP contribution >= 0.6 is 15.9 Å². The molecule has 0 radical (unpaired) electrons. The van der Waals surface area contributed by atoms with E-state index in [1.165, 1.54) is 18.4 Å². The van der Waals surface area contributed by atoms with Gasteiger partial charge in [0.05, 0.1) is 5.41 Å². The quantitative estimate of drug-likeness (QED) is 0.837. The molecule has 1 aliphatic carbocycles. The van der Waals surface area contributed by atoms with Crippen LogP contribution in [0, 0.1) is 0 Å². The molecule has 1 aromatic rings. The largest absolute Gasteiger partial charge is 0.325 e. The molecule has 0 spiro atoms. The van der Waals surface area contributed by atoms with E-state index < -0.39 is 0 Å². The van der Waals surface area contributed by atoms with E-state index in [1.54, 1.807) is 0 Å². The van der Waals surface area contributed by atoms with Crippen molar-refractivity contribution in [3.05, 3.63) is 27.7 Å². The lowest BCUT2D eigenvalue weighted by Crippen LogP contribution is -2.26. The van der Waals surface area contributed by atoms with Crippen molar-refractivity contribution in [3.63, 3.8) is 0 Å². The average molecular weight is 280 g/mol. The summed E-state index contributed by atoms with van der Waals surface area (Å²) in [5.41, 5.74) is 3.12. The number of carbonyl (C=O) groups is 1. The molecule has 2 aliphatic rings. The van der Waals surface area contributed by atoms with Gasteiger partial charge in [-0.2, -0.15) is 0 Å². The van der Waals surface area contributed by atoms with Crippen molar-refractivity contribution in [2.24, 2.45) is 0 Å². The number of hydrogen-bond acceptors (Lipinski definition) is 1. The molecule has 1 heterocycles. The molecule has 1 aromatic carbocycles. The van der Waals surface area contributed by atoms with Crippen molar-refractivity contribution in [1.29, 1.82) is 0 Å². The van der Waals surface area contributed by atoms with Gasteiger partial charge in [-0.1, -0.05) is 22.0 Å². The Morgan fingerprint density at radius 3 is 2.69 bits per heavy atom. The van der Waals surface area contributed by atoms with Crippen LogP contribution < -0.4 is 5.32 Å². The summed E-state index contributed by atoms with van der Waals surface area (Å²) in [7, 11) is 0. The number of fused-ring (bicyclic) bond motifs is 1. The first-order chi connectivity index (χ1) is 7.51. The molecule has 84 valence electrons. The van der Waals surface area contributed by atoms with Crippen molar-refractivity contribution in [2.45, 2.75) is 38.0 Å². The van der Waals surface area contributed by atoms with E-state index in [4.69, 9.17) is 0 Å². The highest BCUT2D eigenvalue weighted by Gasteiger charge is 2.42. The first kappa shape index (κ1) is 10.3. The molecule has 3 rings (SSSR count). The van der Waals surface area contributed by atoms with E-state index in [-0.39, 0.29) is 11.3 Å². The van der Waals surface area contributed by atoms with Crippen LogP contribution in [0.5, 0.6) is 0 Å². The monoisotopic (exact) mass is 279 g/mol. The summed E-state index contributed by atoms with van der Waals surface area (Å²) >= 11 is 3.60. The van der Waals surface area contributed by atoms with Crippen molar-refractivity contribution in [3.8, 4) is 0 Å². The van der Waals surface area contributed by atoms with Gasteiger partial charge >= 0.3 is 0 Å². The molecule has 0 unspecified atom stereocenters. The van der Waals surface area contributed by atoms with Gasteiger partial charge in [0, 0.05) is 10.2 Å². The van der Waals surface area contributed by atoms with E-state index in [0.717, 1.165) is 15.7 Å². The molecular formula is C13H14BrNO. The predicted octanol–water partition coefficient (Wildman–Crippen LogP) is 3.56. The van der Waals surface area contributed by atoms with Gasteiger partial charge in [0.2, 0.25) is 5.91 Å². The minimum atomic E-state index is -0.389. The molecule has 0 saturated heterocycles. The highest BCUT2D eigenvalue weighted by Crippen LogP contribution is 2.51. The first-order valence-corrected chi connectivity index (χ1v) is 6.45. The predicted molar refractivity (Wildman–Crippen MR) is 67.8 cm³/mol. The SMILES string of the molecule is CC1(C)C(=O)Nc2c1ccc(Br)c2C1CC1. The molecule has 0 aromatic heterocycles. The average Bonchev–Trinajstić information content (AvgIpc) is 2.97. The number of amides is 1. The molecule has 1 N–H and O–H groups in total. The maximum absolute atomic E-state index is 11.9. The van der Waals surface area contributed by atoms with Crippen molar-refractivity contribution in [1.82, 2.24) is 0 Å². The highest BCUT2D eigenvalue weighted by atomic mass is 79.9. The second-order valence-corrected chi connectivity index (χ2v) is 6.09. The number of rotatable bonds is 1. The third-order valence-electron chi connectivity index (χ3n) is 3.66. The van der Waals surface area contributed by atoms with Crippen molar-refractivity contribution < 1.29 is 4.79 Å². The minimum absolute atomic E-state index is 0.113. The number of halogens is 1. The van der Waals surface area contributed by atoms with E-state index in [2.05, 4.69) is 33.4 Å². The van der Waals surface area contributed by atoms with Crippen LogP contribution in [0.2, 0.25) is 0 Å². The molecule has 1 amide bonds. The second kappa shape index (κ2) is 3.10. The third kappa shape index (κ3) is 1.27. The van der Waals surface area contributed by atoms with E-state index in [9.17, 15) is 4.79 Å². The molecule has 0 bridgehead atoms. The third-order valence-corrected chi connectivity index (χ3v) is 4.35. The number of hydrogen-bond donors (Lipinski definition) is 1. The summed E-state index contributed by atoms with van der Waals surface area (Å²) in [5, 5.41) is 3.05. The van der Waals surface area contributed by atoms with E-state index >= 15 is 0 Å². The van der Waals surface area contributed by atoms with Crippen LogP contribution in [0.25, 0.3) is 0 Å². The molecule has 1 aliphatic heterocycles. The van der Waals surface area contributed by atoms with Crippen LogP contribution in [0.1, 0.15) is 43.7 Å². The number of nitrogens with one attached hydrogen (secondary N) is 1. The Labute approximate surface area is 104 Å². The van der Waals surface area contributed by atoms with Crippen LogP contribution in [0.15, 0.2) is 16.6 Å². The Hall–Kier alpha value is -0.830. The Bertz CT molecular complexity index is 489. The Morgan fingerprint density at radius 1 is 1.38 bits per heavy atom. The summed E-state index contributed by atoms with van der Waals surface area (Å²) < 4.78 is 1.13. The van der Waals surface area contributed by atoms with Crippen LogP contribution in [-0.4, -0.2) is 5.91 Å². The van der Waals surface area contributed by atoms with Gasteiger partial charge in [0.1, 0.15) is 0 Å². The van der Waals surface area contributed by atoms with Crippen LogP contribution in [0.4, 0.5) is 5.69 Å². The topological polar surface area (TPSA) is 29.1 Å². The summed E-state index contributed by atoms with van der Waals surface area (Å²) in [5.74, 6) is 0.751. The zero-order chi connectivity index (χ0) is 11.5. The summed E-state index contributed by atoms with van der Waals surface area (Å²) in [6.07, 6.45) is 2.48. The number of anilines is 1. The molecule has 1 saturated carbocycles. The Kier molecular flexibility index (Phi) is 2.00. The standard InChI is InChI=1S/C13H14BrNO/c1-13(2)8-5-6-9(14)10(7-3-4-7)11(8)15-12(13)16/h5-7H,3-4H2,1-2H3,(H,15,16). The highest BCUT2D eigenvalue weighted by molar-refractivity contribution is 9.10. The zero-order valence-electron chi connectivity index (χ0n) is 9.43. The molecule has 2 nitrogen and oxygen atoms in total. The normalized spacial score (nSPS) is 21.8.